The van der Waals surface area contributed by atoms with Gasteiger partial charge in [0, 0.05) is 24.8 Å². The minimum atomic E-state index is -0.0634. The van der Waals surface area contributed by atoms with Gasteiger partial charge in [0.1, 0.15) is 23.6 Å². The summed E-state index contributed by atoms with van der Waals surface area (Å²) < 4.78 is 5.82. The molecule has 1 saturated heterocycles. The minimum absolute atomic E-state index is 0.0634. The zero-order chi connectivity index (χ0) is 21.6. The molecule has 0 bridgehead atoms. The maximum atomic E-state index is 11.8. The lowest BCUT2D eigenvalue weighted by atomic mass is 10.0. The Morgan fingerprint density at radius 1 is 1.19 bits per heavy atom. The minimum Gasteiger partial charge on any atom is -0.457 e. The zero-order valence-corrected chi connectivity index (χ0v) is 17.0. The summed E-state index contributed by atoms with van der Waals surface area (Å²) in [6.07, 6.45) is 5.33. The van der Waals surface area contributed by atoms with E-state index < -0.39 is 0 Å². The Kier molecular flexibility index (Phi) is 6.03. The van der Waals surface area contributed by atoms with Gasteiger partial charge in [0.25, 0.3) is 0 Å². The second kappa shape index (κ2) is 9.21. The first-order valence-electron chi connectivity index (χ1n) is 10.0. The highest BCUT2D eigenvalue weighted by atomic mass is 16.5. The second-order valence-electron chi connectivity index (χ2n) is 7.16. The van der Waals surface area contributed by atoms with Crippen LogP contribution in [-0.4, -0.2) is 45.6 Å². The number of likely N-dealkylation sites (tertiary alicyclic amines) is 1. The molecule has 156 valence electrons. The number of aromatic nitrogens is 2. The highest BCUT2D eigenvalue weighted by molar-refractivity contribution is 6.13. The largest absolute Gasteiger partial charge is 0.457 e. The number of nitrogens with zero attached hydrogens (tertiary/aromatic N) is 3. The number of anilines is 1. The molecule has 1 fully saturated rings. The number of ether oxygens (including phenoxy) is 1. The fourth-order valence-electron chi connectivity index (χ4n) is 3.40. The van der Waals surface area contributed by atoms with E-state index in [1.807, 2.05) is 54.6 Å². The molecule has 1 atom stereocenters. The van der Waals surface area contributed by atoms with Crippen LogP contribution >= 0.6 is 0 Å². The van der Waals surface area contributed by atoms with Crippen LogP contribution in [0.3, 0.4) is 0 Å². The van der Waals surface area contributed by atoms with Crippen LogP contribution in [0.15, 0.2) is 79.8 Å². The lowest BCUT2D eigenvalue weighted by molar-refractivity contribution is -0.132. The third kappa shape index (κ3) is 4.61. The summed E-state index contributed by atoms with van der Waals surface area (Å²) in [4.78, 5) is 22.0. The maximum Gasteiger partial charge on any atom is 0.246 e. The van der Waals surface area contributed by atoms with E-state index in [2.05, 4.69) is 21.9 Å². The van der Waals surface area contributed by atoms with E-state index in [0.717, 1.165) is 24.3 Å². The molecule has 4 rings (SSSR count). The predicted molar refractivity (Wildman–Crippen MR) is 120 cm³/mol. The Labute approximate surface area is 180 Å². The van der Waals surface area contributed by atoms with Crippen molar-refractivity contribution >= 4 is 17.4 Å². The molecule has 1 aliphatic rings. The van der Waals surface area contributed by atoms with Gasteiger partial charge in [-0.05, 0) is 48.9 Å². The van der Waals surface area contributed by atoms with Crippen molar-refractivity contribution in [1.82, 2.24) is 14.9 Å². The molecule has 7 nitrogen and oxygen atoms in total. The van der Waals surface area contributed by atoms with Gasteiger partial charge in [-0.2, -0.15) is 0 Å². The number of rotatable bonds is 8. The van der Waals surface area contributed by atoms with Gasteiger partial charge < -0.3 is 15.0 Å². The van der Waals surface area contributed by atoms with Gasteiger partial charge in [-0.25, -0.2) is 9.97 Å². The van der Waals surface area contributed by atoms with Crippen LogP contribution < -0.4 is 10.1 Å². The predicted octanol–water partition coefficient (Wildman–Crippen LogP) is 3.88. The molecule has 0 saturated carbocycles. The molecule has 1 aliphatic heterocycles. The molecule has 2 N–H and O–H groups in total. The van der Waals surface area contributed by atoms with E-state index in [4.69, 9.17) is 10.1 Å². The summed E-state index contributed by atoms with van der Waals surface area (Å²) >= 11 is 0. The van der Waals surface area contributed by atoms with Crippen LogP contribution in [-0.2, 0) is 4.79 Å². The molecule has 0 radical (unpaired) electrons. The van der Waals surface area contributed by atoms with Gasteiger partial charge in [-0.1, -0.05) is 24.8 Å². The van der Waals surface area contributed by atoms with Crippen LogP contribution in [0.5, 0.6) is 11.5 Å². The monoisotopic (exact) mass is 413 g/mol. The Balaban J connectivity index is 1.44. The summed E-state index contributed by atoms with van der Waals surface area (Å²) in [6, 6.07) is 17.0. The van der Waals surface area contributed by atoms with E-state index in [1.165, 1.54) is 12.4 Å². The van der Waals surface area contributed by atoms with Crippen molar-refractivity contribution in [2.24, 2.45) is 0 Å². The molecule has 0 spiro atoms. The van der Waals surface area contributed by atoms with E-state index in [-0.39, 0.29) is 11.9 Å². The Hall–Kier alpha value is -4.00. The highest BCUT2D eigenvalue weighted by Crippen LogP contribution is 2.24. The molecule has 1 amide bonds. The quantitative estimate of drug-likeness (QED) is 0.432. The Morgan fingerprint density at radius 2 is 1.94 bits per heavy atom. The van der Waals surface area contributed by atoms with Gasteiger partial charge in [-0.15, -0.1) is 0 Å². The molecule has 1 aromatic heterocycles. The van der Waals surface area contributed by atoms with E-state index in [0.29, 0.717) is 29.4 Å². The summed E-state index contributed by atoms with van der Waals surface area (Å²) in [7, 11) is 0. The number of amides is 1. The average molecular weight is 413 g/mol. The number of hydrogen-bond donors (Lipinski definition) is 2. The van der Waals surface area contributed by atoms with Gasteiger partial charge in [-0.3, -0.25) is 10.2 Å². The van der Waals surface area contributed by atoms with Crippen molar-refractivity contribution in [2.45, 2.75) is 12.5 Å². The third-order valence-electron chi connectivity index (χ3n) is 5.21. The number of carbonyl (C=O) groups is 1. The summed E-state index contributed by atoms with van der Waals surface area (Å²) in [5.74, 6) is 1.96. The van der Waals surface area contributed by atoms with Gasteiger partial charge >= 0.3 is 0 Å². The Bertz CT molecular complexity index is 1080. The standard InChI is InChI=1S/C24H23N5O2/c1-2-22(30)29-13-12-18(29)14-27-24-21(15-26-16-28-24)23(25)17-8-10-20(11-9-17)31-19-6-4-3-5-7-19/h2-11,15-16,18,25H,1,12-14H2,(H,26,27,28)/t18-/m1/s1. The first-order valence-corrected chi connectivity index (χ1v) is 10.0. The molecular weight excluding hydrogens is 390 g/mol. The number of nitrogens with one attached hydrogen (secondary N) is 2. The topological polar surface area (TPSA) is 91.2 Å². The summed E-state index contributed by atoms with van der Waals surface area (Å²) in [5.41, 5.74) is 1.63. The van der Waals surface area contributed by atoms with Crippen LogP contribution in [0.1, 0.15) is 17.5 Å². The number of benzene rings is 2. The third-order valence-corrected chi connectivity index (χ3v) is 5.21. The molecule has 2 heterocycles. The number of para-hydroxylation sites is 1. The van der Waals surface area contributed by atoms with Crippen molar-refractivity contribution in [3.8, 4) is 11.5 Å². The Morgan fingerprint density at radius 3 is 2.61 bits per heavy atom. The van der Waals surface area contributed by atoms with Gasteiger partial charge in [0.15, 0.2) is 0 Å². The normalized spacial score (nSPS) is 15.0. The van der Waals surface area contributed by atoms with Crippen molar-refractivity contribution in [2.75, 3.05) is 18.4 Å². The summed E-state index contributed by atoms with van der Waals surface area (Å²) in [5, 5.41) is 11.9. The highest BCUT2D eigenvalue weighted by Gasteiger charge is 2.30. The second-order valence-corrected chi connectivity index (χ2v) is 7.16. The zero-order valence-electron chi connectivity index (χ0n) is 17.0. The molecule has 3 aromatic rings. The fourth-order valence-corrected chi connectivity index (χ4v) is 3.40. The molecule has 7 heteroatoms. The van der Waals surface area contributed by atoms with Gasteiger partial charge in [0.05, 0.1) is 17.3 Å². The van der Waals surface area contributed by atoms with Crippen molar-refractivity contribution in [3.05, 3.63) is 90.9 Å². The SMILES string of the molecule is C=CC(=O)N1CC[C@@H]1CNc1ncncc1C(=N)c1ccc(Oc2ccccc2)cc1. The molecule has 2 aromatic carbocycles. The van der Waals surface area contributed by atoms with E-state index in [9.17, 15) is 4.79 Å². The van der Waals surface area contributed by atoms with Crippen LogP contribution in [0, 0.1) is 5.41 Å². The lowest BCUT2D eigenvalue weighted by Gasteiger charge is -2.40. The molecule has 31 heavy (non-hydrogen) atoms. The van der Waals surface area contributed by atoms with E-state index in [1.54, 1.807) is 11.1 Å². The number of hydrogen-bond acceptors (Lipinski definition) is 6. The first-order chi connectivity index (χ1) is 15.2. The molecule has 0 unspecified atom stereocenters. The van der Waals surface area contributed by atoms with Gasteiger partial charge in [0.2, 0.25) is 5.91 Å². The van der Waals surface area contributed by atoms with Crippen molar-refractivity contribution in [1.29, 1.82) is 5.41 Å². The molecule has 0 aliphatic carbocycles. The summed E-state index contributed by atoms with van der Waals surface area (Å²) in [6.45, 7) is 4.84. The van der Waals surface area contributed by atoms with Crippen LogP contribution in [0.2, 0.25) is 0 Å². The lowest BCUT2D eigenvalue weighted by Crippen LogP contribution is -2.53. The van der Waals surface area contributed by atoms with Crippen LogP contribution in [0.4, 0.5) is 5.82 Å². The van der Waals surface area contributed by atoms with E-state index >= 15 is 0 Å². The fraction of sp³-hybridized carbons (Fsp3) is 0.167. The maximum absolute atomic E-state index is 11.8. The van der Waals surface area contributed by atoms with Crippen molar-refractivity contribution < 1.29 is 9.53 Å². The van der Waals surface area contributed by atoms with Crippen molar-refractivity contribution in [3.63, 3.8) is 0 Å². The first kappa shape index (κ1) is 20.3. The molecular formula is C24H23N5O2. The average Bonchev–Trinajstić information content (AvgIpc) is 2.79. The smallest absolute Gasteiger partial charge is 0.246 e. The number of carbonyl (C=O) groups excluding carboxylic acids is 1. The van der Waals surface area contributed by atoms with Crippen LogP contribution in [0.25, 0.3) is 0 Å².